The Hall–Kier alpha value is -3.67. The number of hydrogen-bond acceptors (Lipinski definition) is 5. The molecule has 3 rings (SSSR count). The highest BCUT2D eigenvalue weighted by molar-refractivity contribution is 6.00. The van der Waals surface area contributed by atoms with Crippen LogP contribution in [0.5, 0.6) is 0 Å². The van der Waals surface area contributed by atoms with Crippen molar-refractivity contribution in [2.45, 2.75) is 6.18 Å². The van der Waals surface area contributed by atoms with Crippen molar-refractivity contribution >= 4 is 22.4 Å². The second-order valence-corrected chi connectivity index (χ2v) is 5.40. The zero-order chi connectivity index (χ0) is 19.1. The van der Waals surface area contributed by atoms with E-state index >= 15 is 0 Å². The molecule has 3 aromatic rings. The first-order valence-electron chi connectivity index (χ1n) is 7.17. The third-order valence-corrected chi connectivity index (χ3v) is 3.80. The topological polar surface area (TPSA) is 106 Å². The monoisotopic (exact) mass is 358 g/mol. The SMILES string of the molecule is N#Cc1c(N)nc2ccc([N+](=O)[O-])cc2c1-c1cccc(C(F)(F)F)c1. The van der Waals surface area contributed by atoms with Gasteiger partial charge in [-0.2, -0.15) is 18.4 Å². The molecule has 0 amide bonds. The molecule has 6 nitrogen and oxygen atoms in total. The van der Waals surface area contributed by atoms with Crippen molar-refractivity contribution in [2.24, 2.45) is 0 Å². The lowest BCUT2D eigenvalue weighted by molar-refractivity contribution is -0.384. The molecule has 130 valence electrons. The molecule has 0 radical (unpaired) electrons. The summed E-state index contributed by atoms with van der Waals surface area (Å²) in [7, 11) is 0. The maximum atomic E-state index is 13.0. The van der Waals surface area contributed by atoms with Crippen LogP contribution in [0, 0.1) is 21.4 Å². The minimum Gasteiger partial charge on any atom is -0.383 e. The quantitative estimate of drug-likeness (QED) is 0.543. The molecule has 0 unspecified atom stereocenters. The molecule has 1 aromatic heterocycles. The van der Waals surface area contributed by atoms with Crippen LogP contribution >= 0.6 is 0 Å². The number of pyridine rings is 1. The minimum atomic E-state index is -4.58. The highest BCUT2D eigenvalue weighted by atomic mass is 19.4. The smallest absolute Gasteiger partial charge is 0.383 e. The standard InChI is InChI=1S/C17H9F3N4O2/c18-17(19,20)10-3-1-2-9(6-10)15-12-7-11(24(25)26)4-5-14(12)23-16(22)13(15)8-21/h1-7H,(H2,22,23). The van der Waals surface area contributed by atoms with Crippen LogP contribution in [0.2, 0.25) is 0 Å². The number of halogens is 3. The number of nitriles is 1. The second kappa shape index (κ2) is 6.00. The largest absolute Gasteiger partial charge is 0.416 e. The first-order valence-corrected chi connectivity index (χ1v) is 7.17. The number of aromatic nitrogens is 1. The first kappa shape index (κ1) is 17.2. The summed E-state index contributed by atoms with van der Waals surface area (Å²) in [6.45, 7) is 0. The van der Waals surface area contributed by atoms with Crippen molar-refractivity contribution in [1.29, 1.82) is 5.26 Å². The number of nitro groups is 1. The maximum Gasteiger partial charge on any atom is 0.416 e. The Morgan fingerprint density at radius 1 is 1.19 bits per heavy atom. The number of anilines is 1. The Kier molecular flexibility index (Phi) is 3.96. The van der Waals surface area contributed by atoms with E-state index in [-0.39, 0.29) is 39.1 Å². The van der Waals surface area contributed by atoms with E-state index in [9.17, 15) is 28.5 Å². The molecule has 0 aliphatic carbocycles. The molecule has 2 N–H and O–H groups in total. The van der Waals surface area contributed by atoms with E-state index in [1.807, 2.05) is 6.07 Å². The van der Waals surface area contributed by atoms with Crippen molar-refractivity contribution in [2.75, 3.05) is 5.73 Å². The number of nitrogen functional groups attached to an aromatic ring is 1. The van der Waals surface area contributed by atoms with Gasteiger partial charge in [-0.1, -0.05) is 12.1 Å². The fourth-order valence-corrected chi connectivity index (χ4v) is 2.65. The van der Waals surface area contributed by atoms with Crippen LogP contribution in [0.25, 0.3) is 22.0 Å². The van der Waals surface area contributed by atoms with E-state index in [1.165, 1.54) is 24.3 Å². The molecule has 0 atom stereocenters. The number of nitrogens with zero attached hydrogens (tertiary/aromatic N) is 3. The molecule has 1 heterocycles. The van der Waals surface area contributed by atoms with E-state index in [0.717, 1.165) is 18.2 Å². The van der Waals surface area contributed by atoms with Crippen LogP contribution in [-0.2, 0) is 6.18 Å². The summed E-state index contributed by atoms with van der Waals surface area (Å²) < 4.78 is 39.1. The van der Waals surface area contributed by atoms with Gasteiger partial charge in [0.2, 0.25) is 0 Å². The van der Waals surface area contributed by atoms with E-state index in [2.05, 4.69) is 4.98 Å². The summed E-state index contributed by atoms with van der Waals surface area (Å²) in [5.41, 5.74) is 4.82. The summed E-state index contributed by atoms with van der Waals surface area (Å²) >= 11 is 0. The van der Waals surface area contributed by atoms with Crippen molar-refractivity contribution < 1.29 is 18.1 Å². The third-order valence-electron chi connectivity index (χ3n) is 3.80. The molecule has 0 bridgehead atoms. The summed E-state index contributed by atoms with van der Waals surface area (Å²) in [6.07, 6.45) is -4.58. The Morgan fingerprint density at radius 3 is 2.54 bits per heavy atom. The molecule has 0 spiro atoms. The predicted octanol–water partition coefficient (Wildman–Crippen LogP) is 4.28. The number of non-ortho nitro benzene ring substituents is 1. The van der Waals surface area contributed by atoms with Gasteiger partial charge in [-0.05, 0) is 23.8 Å². The van der Waals surface area contributed by atoms with Gasteiger partial charge >= 0.3 is 6.18 Å². The Labute approximate surface area is 144 Å². The molecule has 0 saturated heterocycles. The van der Waals surface area contributed by atoms with Crippen LogP contribution in [0.4, 0.5) is 24.7 Å². The molecule has 2 aromatic carbocycles. The lowest BCUT2D eigenvalue weighted by atomic mass is 9.94. The normalized spacial score (nSPS) is 11.3. The van der Waals surface area contributed by atoms with E-state index in [0.29, 0.717) is 0 Å². The highest BCUT2D eigenvalue weighted by Crippen LogP contribution is 2.38. The maximum absolute atomic E-state index is 13.0. The molecular weight excluding hydrogens is 349 g/mol. The van der Waals surface area contributed by atoms with Crippen LogP contribution < -0.4 is 5.73 Å². The van der Waals surface area contributed by atoms with E-state index in [1.54, 1.807) is 0 Å². The van der Waals surface area contributed by atoms with E-state index < -0.39 is 16.7 Å². The second-order valence-electron chi connectivity index (χ2n) is 5.40. The lowest BCUT2D eigenvalue weighted by Crippen LogP contribution is -2.05. The van der Waals surface area contributed by atoms with Crippen molar-refractivity contribution in [3.05, 3.63) is 63.7 Å². The van der Waals surface area contributed by atoms with Crippen molar-refractivity contribution in [3.8, 4) is 17.2 Å². The Bertz CT molecular complexity index is 1090. The molecule has 26 heavy (non-hydrogen) atoms. The fraction of sp³-hybridized carbons (Fsp3) is 0.0588. The lowest BCUT2D eigenvalue weighted by Gasteiger charge is -2.13. The average molecular weight is 358 g/mol. The van der Waals surface area contributed by atoms with Crippen LogP contribution in [0.3, 0.4) is 0 Å². The van der Waals surface area contributed by atoms with Gasteiger partial charge in [0.05, 0.1) is 16.0 Å². The fourth-order valence-electron chi connectivity index (χ4n) is 2.65. The molecule has 0 aliphatic rings. The van der Waals surface area contributed by atoms with Crippen LogP contribution in [-0.4, -0.2) is 9.91 Å². The zero-order valence-electron chi connectivity index (χ0n) is 12.9. The Morgan fingerprint density at radius 2 is 1.92 bits per heavy atom. The molecular formula is C17H9F3N4O2. The summed E-state index contributed by atoms with van der Waals surface area (Å²) in [5.74, 6) is -0.165. The minimum absolute atomic E-state index is 0.0657. The summed E-state index contributed by atoms with van der Waals surface area (Å²) in [4.78, 5) is 14.4. The Balaban J connectivity index is 2.42. The number of alkyl halides is 3. The van der Waals surface area contributed by atoms with Gasteiger partial charge in [0.15, 0.2) is 0 Å². The number of hydrogen-bond donors (Lipinski definition) is 1. The zero-order valence-corrected chi connectivity index (χ0v) is 12.9. The van der Waals surface area contributed by atoms with Gasteiger partial charge in [-0.3, -0.25) is 10.1 Å². The average Bonchev–Trinajstić information content (AvgIpc) is 2.59. The molecule has 9 heteroatoms. The molecule has 0 aliphatic heterocycles. The number of benzene rings is 2. The van der Waals surface area contributed by atoms with Gasteiger partial charge in [0.1, 0.15) is 17.5 Å². The van der Waals surface area contributed by atoms with Crippen LogP contribution in [0.15, 0.2) is 42.5 Å². The number of nitrogens with two attached hydrogens (primary N) is 1. The first-order chi connectivity index (χ1) is 12.2. The van der Waals surface area contributed by atoms with Crippen molar-refractivity contribution in [3.63, 3.8) is 0 Å². The summed E-state index contributed by atoms with van der Waals surface area (Å²) in [5, 5.41) is 20.6. The third kappa shape index (κ3) is 2.88. The van der Waals surface area contributed by atoms with Gasteiger partial charge < -0.3 is 5.73 Å². The van der Waals surface area contributed by atoms with Gasteiger partial charge in [-0.25, -0.2) is 4.98 Å². The molecule has 0 saturated carbocycles. The van der Waals surface area contributed by atoms with E-state index in [4.69, 9.17) is 5.73 Å². The predicted molar refractivity (Wildman–Crippen MR) is 88.0 cm³/mol. The van der Waals surface area contributed by atoms with Crippen molar-refractivity contribution in [1.82, 2.24) is 4.98 Å². The van der Waals surface area contributed by atoms with Gasteiger partial charge in [0, 0.05) is 23.1 Å². The van der Waals surface area contributed by atoms with Gasteiger partial charge in [0.25, 0.3) is 5.69 Å². The number of rotatable bonds is 2. The highest BCUT2D eigenvalue weighted by Gasteiger charge is 2.31. The van der Waals surface area contributed by atoms with Gasteiger partial charge in [-0.15, -0.1) is 0 Å². The van der Waals surface area contributed by atoms with Crippen LogP contribution in [0.1, 0.15) is 11.1 Å². The molecule has 0 fully saturated rings. The summed E-state index contributed by atoms with van der Waals surface area (Å²) in [6, 6.07) is 9.86. The number of nitro benzene ring substituents is 1. The number of fused-ring (bicyclic) bond motifs is 1.